The van der Waals surface area contributed by atoms with Gasteiger partial charge in [-0.2, -0.15) is 0 Å². The van der Waals surface area contributed by atoms with Crippen molar-refractivity contribution in [3.8, 4) is 0 Å². The van der Waals surface area contributed by atoms with Crippen LogP contribution in [0.3, 0.4) is 0 Å². The summed E-state index contributed by atoms with van der Waals surface area (Å²) in [6.07, 6.45) is 2.49. The third-order valence-corrected chi connectivity index (χ3v) is 5.70. The fraction of sp³-hybridized carbons (Fsp3) is 0.526. The number of amides is 1. The van der Waals surface area contributed by atoms with Crippen LogP contribution in [0.5, 0.6) is 0 Å². The molecule has 1 N–H and O–H groups in total. The Balaban J connectivity index is 1.46. The van der Waals surface area contributed by atoms with Gasteiger partial charge in [-0.25, -0.2) is 9.97 Å². The number of ether oxygens (including phenoxy) is 1. The summed E-state index contributed by atoms with van der Waals surface area (Å²) in [7, 11) is 0. The van der Waals surface area contributed by atoms with E-state index in [9.17, 15) is 4.79 Å². The Hall–Kier alpha value is -1.70. The number of carbonyl (C=O) groups excluding carboxylic acids is 1. The molecule has 1 amide bonds. The molecule has 0 unspecified atom stereocenters. The van der Waals surface area contributed by atoms with Crippen LogP contribution in [0.2, 0.25) is 0 Å². The molecule has 26 heavy (non-hydrogen) atoms. The second-order valence-corrected chi connectivity index (χ2v) is 7.85. The molecule has 2 aliphatic rings. The van der Waals surface area contributed by atoms with Gasteiger partial charge in [0.1, 0.15) is 10.9 Å². The molecule has 1 aromatic heterocycles. The van der Waals surface area contributed by atoms with E-state index in [1.165, 1.54) is 24.6 Å². The Bertz CT molecular complexity index is 775. The van der Waals surface area contributed by atoms with Crippen molar-refractivity contribution < 1.29 is 9.53 Å². The number of nitrogens with one attached hydrogen (secondary N) is 1. The molecule has 0 radical (unpaired) electrons. The first-order chi connectivity index (χ1) is 12.8. The number of hydrogen-bond donors (Lipinski definition) is 1. The van der Waals surface area contributed by atoms with Gasteiger partial charge in [0.25, 0.3) is 0 Å². The van der Waals surface area contributed by atoms with Gasteiger partial charge in [0.15, 0.2) is 0 Å². The summed E-state index contributed by atoms with van der Waals surface area (Å²) in [5.41, 5.74) is 0.937. The van der Waals surface area contributed by atoms with E-state index in [2.05, 4.69) is 10.2 Å². The molecule has 1 aromatic carbocycles. The standard InChI is InChI=1S/C19H24N4O2S/c24-18(20-11-14-5-6-14)13-26-19-15-3-1-2-4-16(15)21-17(22-19)12-23-7-9-25-10-8-23/h1-4,14H,5-13H2,(H,20,24). The van der Waals surface area contributed by atoms with Crippen LogP contribution < -0.4 is 5.32 Å². The highest BCUT2D eigenvalue weighted by Gasteiger charge is 2.21. The van der Waals surface area contributed by atoms with Crippen LogP contribution in [0.15, 0.2) is 29.3 Å². The highest BCUT2D eigenvalue weighted by molar-refractivity contribution is 8.00. The van der Waals surface area contributed by atoms with Crippen LogP contribution in [0.1, 0.15) is 18.7 Å². The lowest BCUT2D eigenvalue weighted by Gasteiger charge is -2.25. The molecular weight excluding hydrogens is 348 g/mol. The van der Waals surface area contributed by atoms with Crippen molar-refractivity contribution in [2.45, 2.75) is 24.4 Å². The quantitative estimate of drug-likeness (QED) is 0.593. The van der Waals surface area contributed by atoms with Gasteiger partial charge in [-0.05, 0) is 24.8 Å². The number of benzene rings is 1. The first kappa shape index (κ1) is 17.7. The number of hydrogen-bond acceptors (Lipinski definition) is 6. The molecule has 2 fully saturated rings. The molecule has 1 aliphatic heterocycles. The number of nitrogens with zero attached hydrogens (tertiary/aromatic N) is 3. The molecule has 0 bridgehead atoms. The van der Waals surface area contributed by atoms with Crippen molar-refractivity contribution >= 4 is 28.6 Å². The fourth-order valence-corrected chi connectivity index (χ4v) is 3.87. The summed E-state index contributed by atoms with van der Waals surface area (Å²) >= 11 is 1.50. The minimum Gasteiger partial charge on any atom is -0.379 e. The van der Waals surface area contributed by atoms with E-state index < -0.39 is 0 Å². The van der Waals surface area contributed by atoms with Crippen molar-refractivity contribution in [3.05, 3.63) is 30.1 Å². The number of para-hydroxylation sites is 1. The molecule has 6 nitrogen and oxygen atoms in total. The van der Waals surface area contributed by atoms with Crippen molar-refractivity contribution in [2.75, 3.05) is 38.6 Å². The van der Waals surface area contributed by atoms with E-state index in [1.54, 1.807) is 0 Å². The largest absolute Gasteiger partial charge is 0.379 e. The Morgan fingerprint density at radius 2 is 2.04 bits per heavy atom. The minimum absolute atomic E-state index is 0.0827. The molecule has 2 aromatic rings. The van der Waals surface area contributed by atoms with E-state index in [1.807, 2.05) is 24.3 Å². The number of morpholine rings is 1. The van der Waals surface area contributed by atoms with Gasteiger partial charge in [-0.15, -0.1) is 0 Å². The molecule has 0 spiro atoms. The molecule has 7 heteroatoms. The van der Waals surface area contributed by atoms with Crippen LogP contribution >= 0.6 is 11.8 Å². The first-order valence-corrected chi connectivity index (χ1v) is 10.2. The molecule has 2 heterocycles. The highest BCUT2D eigenvalue weighted by atomic mass is 32.2. The summed E-state index contributed by atoms with van der Waals surface area (Å²) in [6, 6.07) is 8.02. The Morgan fingerprint density at radius 3 is 2.85 bits per heavy atom. The maximum Gasteiger partial charge on any atom is 0.230 e. The summed E-state index contributed by atoms with van der Waals surface area (Å²) in [5, 5.41) is 4.92. The van der Waals surface area contributed by atoms with Gasteiger partial charge in [-0.1, -0.05) is 30.0 Å². The average molecular weight is 372 g/mol. The van der Waals surface area contributed by atoms with Crippen molar-refractivity contribution in [2.24, 2.45) is 5.92 Å². The van der Waals surface area contributed by atoms with Gasteiger partial charge in [0.2, 0.25) is 5.91 Å². The zero-order valence-electron chi connectivity index (χ0n) is 14.8. The van der Waals surface area contributed by atoms with E-state index in [0.717, 1.165) is 61.1 Å². The highest BCUT2D eigenvalue weighted by Crippen LogP contribution is 2.28. The van der Waals surface area contributed by atoms with Gasteiger partial charge in [0, 0.05) is 25.0 Å². The van der Waals surface area contributed by atoms with Gasteiger partial charge in [0.05, 0.1) is 31.0 Å². The van der Waals surface area contributed by atoms with Gasteiger partial charge >= 0.3 is 0 Å². The maximum absolute atomic E-state index is 12.1. The zero-order valence-corrected chi connectivity index (χ0v) is 15.6. The first-order valence-electron chi connectivity index (χ1n) is 9.23. The molecular formula is C19H24N4O2S. The maximum atomic E-state index is 12.1. The second kappa shape index (κ2) is 8.33. The smallest absolute Gasteiger partial charge is 0.230 e. The van der Waals surface area contributed by atoms with Crippen LogP contribution in [-0.2, 0) is 16.1 Å². The van der Waals surface area contributed by atoms with Gasteiger partial charge in [-0.3, -0.25) is 9.69 Å². The lowest BCUT2D eigenvalue weighted by atomic mass is 10.2. The molecule has 0 atom stereocenters. The molecule has 1 saturated carbocycles. The summed E-state index contributed by atoms with van der Waals surface area (Å²) < 4.78 is 5.41. The molecule has 4 rings (SSSR count). The molecule has 1 aliphatic carbocycles. The fourth-order valence-electron chi connectivity index (χ4n) is 3.00. The second-order valence-electron chi connectivity index (χ2n) is 6.89. The lowest BCUT2D eigenvalue weighted by Crippen LogP contribution is -2.36. The Kier molecular flexibility index (Phi) is 5.67. The van der Waals surface area contributed by atoms with Crippen LogP contribution in [-0.4, -0.2) is 59.4 Å². The summed E-state index contributed by atoms with van der Waals surface area (Å²) in [4.78, 5) is 23.9. The van der Waals surface area contributed by atoms with E-state index in [0.29, 0.717) is 11.7 Å². The molecule has 1 saturated heterocycles. The van der Waals surface area contributed by atoms with Crippen molar-refractivity contribution in [3.63, 3.8) is 0 Å². The van der Waals surface area contributed by atoms with Gasteiger partial charge < -0.3 is 10.1 Å². The summed E-state index contributed by atoms with van der Waals surface area (Å²) in [5.74, 6) is 1.99. The topological polar surface area (TPSA) is 67.4 Å². The molecule has 138 valence electrons. The number of fused-ring (bicyclic) bond motifs is 1. The monoisotopic (exact) mass is 372 g/mol. The van der Waals surface area contributed by atoms with Crippen LogP contribution in [0.4, 0.5) is 0 Å². The van der Waals surface area contributed by atoms with Crippen LogP contribution in [0, 0.1) is 5.92 Å². The third kappa shape index (κ3) is 4.72. The number of aromatic nitrogens is 2. The zero-order chi connectivity index (χ0) is 17.8. The van der Waals surface area contributed by atoms with E-state index >= 15 is 0 Å². The predicted molar refractivity (Wildman–Crippen MR) is 102 cm³/mol. The van der Waals surface area contributed by atoms with Crippen molar-refractivity contribution in [1.82, 2.24) is 20.2 Å². The number of rotatable bonds is 7. The summed E-state index contributed by atoms with van der Waals surface area (Å²) in [6.45, 7) is 4.86. The Morgan fingerprint density at radius 1 is 1.23 bits per heavy atom. The van der Waals surface area contributed by atoms with Crippen molar-refractivity contribution in [1.29, 1.82) is 0 Å². The number of carbonyl (C=O) groups is 1. The predicted octanol–water partition coefficient (Wildman–Crippen LogP) is 2.08. The van der Waals surface area contributed by atoms with E-state index in [-0.39, 0.29) is 5.91 Å². The Labute approximate surface area is 157 Å². The van der Waals surface area contributed by atoms with E-state index in [4.69, 9.17) is 14.7 Å². The van der Waals surface area contributed by atoms with Crippen LogP contribution in [0.25, 0.3) is 10.9 Å². The SMILES string of the molecule is O=C(CSc1nc(CN2CCOCC2)nc2ccccc12)NCC1CC1. The average Bonchev–Trinajstić information content (AvgIpc) is 3.50. The lowest BCUT2D eigenvalue weighted by molar-refractivity contribution is -0.118. The third-order valence-electron chi connectivity index (χ3n) is 4.71. The normalized spacial score (nSPS) is 18.2. The minimum atomic E-state index is 0.0827. The number of thioether (sulfide) groups is 1.